The molecule has 0 spiro atoms. The summed E-state index contributed by atoms with van der Waals surface area (Å²) < 4.78 is 7.26. The van der Waals surface area contributed by atoms with Crippen molar-refractivity contribution < 1.29 is 14.3 Å². The molecule has 4 rings (SSSR count). The zero-order chi connectivity index (χ0) is 16.0. The third kappa shape index (κ3) is 2.43. The van der Waals surface area contributed by atoms with Crippen LogP contribution in [0.3, 0.4) is 0 Å². The summed E-state index contributed by atoms with van der Waals surface area (Å²) in [5.74, 6) is 0.237. The lowest BCUT2D eigenvalue weighted by Crippen LogP contribution is -2.54. The van der Waals surface area contributed by atoms with E-state index in [1.165, 1.54) is 0 Å². The highest BCUT2D eigenvalue weighted by Gasteiger charge is 2.47. The van der Waals surface area contributed by atoms with Gasteiger partial charge in [0.05, 0.1) is 24.0 Å². The Labute approximate surface area is 135 Å². The topological polar surface area (TPSA) is 67.7 Å². The van der Waals surface area contributed by atoms with Gasteiger partial charge in [0.2, 0.25) is 5.91 Å². The Kier molecular flexibility index (Phi) is 3.60. The van der Waals surface area contributed by atoms with Crippen LogP contribution in [0.4, 0.5) is 5.69 Å². The lowest BCUT2D eigenvalue weighted by atomic mass is 9.95. The standard InChI is InChI=1S/C16H22N4O3/c1-18-10-11(9-17-18)20-13-6-7-19(12(13)4-5-15(20)21)16(22)14-3-2-8-23-14/h9-10,12-14H,2-8H2,1H3/t12-,13-,14+/m1/s1. The van der Waals surface area contributed by atoms with Crippen LogP contribution in [0.2, 0.25) is 0 Å². The molecular formula is C16H22N4O3. The number of carbonyl (C=O) groups excluding carboxylic acids is 2. The fourth-order valence-corrected chi connectivity index (χ4v) is 4.16. The lowest BCUT2D eigenvalue weighted by Gasteiger charge is -2.39. The number of hydrogen-bond acceptors (Lipinski definition) is 4. The van der Waals surface area contributed by atoms with Gasteiger partial charge in [-0.1, -0.05) is 0 Å². The quantitative estimate of drug-likeness (QED) is 0.805. The molecule has 3 saturated heterocycles. The van der Waals surface area contributed by atoms with Crippen molar-refractivity contribution in [3.8, 4) is 0 Å². The summed E-state index contributed by atoms with van der Waals surface area (Å²) in [4.78, 5) is 29.0. The third-order valence-electron chi connectivity index (χ3n) is 5.22. The summed E-state index contributed by atoms with van der Waals surface area (Å²) in [7, 11) is 1.84. The second kappa shape index (κ2) is 5.63. The zero-order valence-electron chi connectivity index (χ0n) is 13.4. The van der Waals surface area contributed by atoms with Crippen molar-refractivity contribution in [3.63, 3.8) is 0 Å². The van der Waals surface area contributed by atoms with Crippen molar-refractivity contribution in [2.75, 3.05) is 18.1 Å². The minimum atomic E-state index is -0.279. The molecular weight excluding hydrogens is 296 g/mol. The molecule has 23 heavy (non-hydrogen) atoms. The predicted octanol–water partition coefficient (Wildman–Crippen LogP) is 0.695. The van der Waals surface area contributed by atoms with Gasteiger partial charge in [-0.05, 0) is 25.7 Å². The molecule has 0 saturated carbocycles. The predicted molar refractivity (Wildman–Crippen MR) is 82.8 cm³/mol. The van der Waals surface area contributed by atoms with E-state index >= 15 is 0 Å². The van der Waals surface area contributed by atoms with E-state index in [4.69, 9.17) is 4.74 Å². The molecule has 3 fully saturated rings. The maximum Gasteiger partial charge on any atom is 0.252 e. The lowest BCUT2D eigenvalue weighted by molar-refractivity contribution is -0.142. The van der Waals surface area contributed by atoms with E-state index in [1.807, 2.05) is 23.0 Å². The second-order valence-corrected chi connectivity index (χ2v) is 6.63. The average molecular weight is 318 g/mol. The summed E-state index contributed by atoms with van der Waals surface area (Å²) in [6.45, 7) is 1.39. The molecule has 3 aliphatic heterocycles. The number of piperidine rings is 1. The fourth-order valence-electron chi connectivity index (χ4n) is 4.16. The Bertz CT molecular complexity index is 623. The molecule has 7 heteroatoms. The van der Waals surface area contributed by atoms with Crippen molar-refractivity contribution in [2.45, 2.75) is 50.3 Å². The Morgan fingerprint density at radius 2 is 2.17 bits per heavy atom. The van der Waals surface area contributed by atoms with E-state index in [-0.39, 0.29) is 30.0 Å². The van der Waals surface area contributed by atoms with E-state index in [0.29, 0.717) is 19.6 Å². The molecule has 0 aliphatic carbocycles. The minimum absolute atomic E-state index is 0.0609. The maximum atomic E-state index is 12.7. The number of hydrogen-bond donors (Lipinski definition) is 0. The van der Waals surface area contributed by atoms with Gasteiger partial charge in [0.15, 0.2) is 0 Å². The van der Waals surface area contributed by atoms with Crippen LogP contribution in [0, 0.1) is 0 Å². The van der Waals surface area contributed by atoms with Crippen LogP contribution in [0.15, 0.2) is 12.4 Å². The van der Waals surface area contributed by atoms with Crippen LogP contribution in [0.5, 0.6) is 0 Å². The van der Waals surface area contributed by atoms with Gasteiger partial charge in [0.1, 0.15) is 6.10 Å². The summed E-state index contributed by atoms with van der Waals surface area (Å²) in [6.07, 6.45) is 7.14. The Morgan fingerprint density at radius 1 is 1.30 bits per heavy atom. The third-order valence-corrected chi connectivity index (χ3v) is 5.22. The molecule has 0 aromatic carbocycles. The van der Waals surface area contributed by atoms with Crippen LogP contribution >= 0.6 is 0 Å². The van der Waals surface area contributed by atoms with Gasteiger partial charge < -0.3 is 14.5 Å². The number of carbonyl (C=O) groups is 2. The Balaban J connectivity index is 1.56. The molecule has 2 amide bonds. The molecule has 3 aliphatic rings. The number of likely N-dealkylation sites (tertiary alicyclic amines) is 1. The SMILES string of the molecule is Cn1cc(N2C(=O)CC[C@@H]3[C@H]2CCN3C(=O)[C@@H]2CCCO2)cn1. The molecule has 1 aromatic heterocycles. The Hall–Kier alpha value is -1.89. The number of rotatable bonds is 2. The molecule has 1 aromatic rings. The highest BCUT2D eigenvalue weighted by molar-refractivity contribution is 5.95. The van der Waals surface area contributed by atoms with Gasteiger partial charge in [0, 0.05) is 32.8 Å². The van der Waals surface area contributed by atoms with E-state index in [9.17, 15) is 9.59 Å². The fraction of sp³-hybridized carbons (Fsp3) is 0.688. The van der Waals surface area contributed by atoms with Gasteiger partial charge in [-0.15, -0.1) is 0 Å². The van der Waals surface area contributed by atoms with Crippen LogP contribution in [-0.4, -0.2) is 57.8 Å². The molecule has 7 nitrogen and oxygen atoms in total. The van der Waals surface area contributed by atoms with E-state index < -0.39 is 0 Å². The normalized spacial score (nSPS) is 30.8. The van der Waals surface area contributed by atoms with Gasteiger partial charge in [0.25, 0.3) is 5.91 Å². The summed E-state index contributed by atoms with van der Waals surface area (Å²) in [5.41, 5.74) is 0.832. The first kappa shape index (κ1) is 14.7. The zero-order valence-corrected chi connectivity index (χ0v) is 13.4. The highest BCUT2D eigenvalue weighted by atomic mass is 16.5. The number of fused-ring (bicyclic) bond motifs is 1. The molecule has 0 N–H and O–H groups in total. The first-order chi connectivity index (χ1) is 11.1. The first-order valence-electron chi connectivity index (χ1n) is 8.38. The highest BCUT2D eigenvalue weighted by Crippen LogP contribution is 2.35. The molecule has 0 bridgehead atoms. The number of nitrogens with zero attached hydrogens (tertiary/aromatic N) is 4. The average Bonchev–Trinajstić information content (AvgIpc) is 3.26. The van der Waals surface area contributed by atoms with Crippen molar-refractivity contribution in [1.82, 2.24) is 14.7 Å². The number of ether oxygens (including phenoxy) is 1. The monoisotopic (exact) mass is 318 g/mol. The molecule has 4 heterocycles. The molecule has 0 radical (unpaired) electrons. The second-order valence-electron chi connectivity index (χ2n) is 6.63. The van der Waals surface area contributed by atoms with Crippen molar-refractivity contribution in [2.24, 2.45) is 7.05 Å². The van der Waals surface area contributed by atoms with Crippen LogP contribution in [0.25, 0.3) is 0 Å². The molecule has 124 valence electrons. The van der Waals surface area contributed by atoms with Gasteiger partial charge in [-0.2, -0.15) is 5.10 Å². The molecule has 3 atom stereocenters. The van der Waals surface area contributed by atoms with E-state index in [1.54, 1.807) is 10.9 Å². The van der Waals surface area contributed by atoms with Gasteiger partial charge in [-0.3, -0.25) is 14.3 Å². The van der Waals surface area contributed by atoms with Crippen LogP contribution < -0.4 is 4.90 Å². The van der Waals surface area contributed by atoms with Crippen molar-refractivity contribution >= 4 is 17.5 Å². The van der Waals surface area contributed by atoms with Crippen LogP contribution in [-0.2, 0) is 21.4 Å². The summed E-state index contributed by atoms with van der Waals surface area (Å²) >= 11 is 0. The largest absolute Gasteiger partial charge is 0.368 e. The van der Waals surface area contributed by atoms with Crippen molar-refractivity contribution in [3.05, 3.63) is 12.4 Å². The van der Waals surface area contributed by atoms with E-state index in [0.717, 1.165) is 31.4 Å². The molecule has 0 unspecified atom stereocenters. The van der Waals surface area contributed by atoms with Crippen molar-refractivity contribution in [1.29, 1.82) is 0 Å². The summed E-state index contributed by atoms with van der Waals surface area (Å²) in [6, 6.07) is 0.162. The first-order valence-corrected chi connectivity index (χ1v) is 8.38. The van der Waals surface area contributed by atoms with E-state index in [2.05, 4.69) is 5.10 Å². The summed E-state index contributed by atoms with van der Waals surface area (Å²) in [5, 5.41) is 4.18. The maximum absolute atomic E-state index is 12.7. The van der Waals surface area contributed by atoms with Gasteiger partial charge >= 0.3 is 0 Å². The Morgan fingerprint density at radius 3 is 2.87 bits per heavy atom. The number of anilines is 1. The number of amides is 2. The minimum Gasteiger partial charge on any atom is -0.368 e. The number of aryl methyl sites for hydroxylation is 1. The van der Waals surface area contributed by atoms with Gasteiger partial charge in [-0.25, -0.2) is 0 Å². The smallest absolute Gasteiger partial charge is 0.252 e. The van der Waals surface area contributed by atoms with Crippen LogP contribution in [0.1, 0.15) is 32.1 Å². The number of aromatic nitrogens is 2.